The minimum atomic E-state index is -0.377. The highest BCUT2D eigenvalue weighted by molar-refractivity contribution is 5.95. The molecule has 1 aliphatic carbocycles. The summed E-state index contributed by atoms with van der Waals surface area (Å²) in [6.45, 7) is 14.4. The van der Waals surface area contributed by atoms with Gasteiger partial charge in [-0.05, 0) is 66.5 Å². The van der Waals surface area contributed by atoms with Crippen molar-refractivity contribution in [2.45, 2.75) is 26.2 Å². The summed E-state index contributed by atoms with van der Waals surface area (Å²) in [4.78, 5) is 2.07. The van der Waals surface area contributed by atoms with Gasteiger partial charge in [-0.25, -0.2) is 0 Å². The van der Waals surface area contributed by atoms with Crippen LogP contribution in [0.4, 0.5) is 0 Å². The lowest BCUT2D eigenvalue weighted by atomic mass is 9.66. The van der Waals surface area contributed by atoms with E-state index >= 15 is 0 Å². The lowest BCUT2D eigenvalue weighted by Gasteiger charge is -2.36. The summed E-state index contributed by atoms with van der Waals surface area (Å²) >= 11 is 0. The van der Waals surface area contributed by atoms with Gasteiger partial charge in [-0.2, -0.15) is 0 Å². The monoisotopic (exact) mass is 357 g/mol. The van der Waals surface area contributed by atoms with E-state index in [4.69, 9.17) is 0 Å². The Balaban J connectivity index is 3.02. The van der Waals surface area contributed by atoms with E-state index in [0.29, 0.717) is 0 Å². The average Bonchev–Trinajstić information content (AvgIpc) is 2.94. The van der Waals surface area contributed by atoms with Gasteiger partial charge in [-0.1, -0.05) is 73.9 Å². The topological polar surface area (TPSA) is 3.24 Å². The predicted octanol–water partition coefficient (Wildman–Crippen LogP) is 6.61. The first-order valence-electron chi connectivity index (χ1n) is 9.43. The van der Waals surface area contributed by atoms with Gasteiger partial charge in [-0.15, -0.1) is 0 Å². The summed E-state index contributed by atoms with van der Waals surface area (Å²) < 4.78 is 0. The summed E-state index contributed by atoms with van der Waals surface area (Å²) in [5.41, 5.74) is 7.08. The van der Waals surface area contributed by atoms with Gasteiger partial charge in [0.15, 0.2) is 0 Å². The first-order chi connectivity index (χ1) is 13.0. The van der Waals surface area contributed by atoms with E-state index in [-0.39, 0.29) is 5.41 Å². The molecule has 140 valence electrons. The van der Waals surface area contributed by atoms with E-state index in [9.17, 15) is 0 Å². The van der Waals surface area contributed by atoms with Gasteiger partial charge in [0.05, 0.1) is 5.41 Å². The number of hydrogen-bond donors (Lipinski definition) is 0. The van der Waals surface area contributed by atoms with Crippen LogP contribution in [0, 0.1) is 0 Å². The van der Waals surface area contributed by atoms with Crippen LogP contribution in [-0.4, -0.2) is 19.0 Å². The molecule has 0 aliphatic heterocycles. The van der Waals surface area contributed by atoms with Gasteiger partial charge < -0.3 is 4.90 Å². The van der Waals surface area contributed by atoms with Crippen molar-refractivity contribution in [3.8, 4) is 0 Å². The zero-order valence-corrected chi connectivity index (χ0v) is 17.3. The van der Waals surface area contributed by atoms with Crippen LogP contribution >= 0.6 is 0 Å². The summed E-state index contributed by atoms with van der Waals surface area (Å²) in [5.74, 6) is 0. The second kappa shape index (κ2) is 8.73. The molecule has 0 heterocycles. The Hall–Kier alpha value is -2.80. The number of hydrogen-bond acceptors (Lipinski definition) is 1. The first-order valence-corrected chi connectivity index (χ1v) is 9.43. The molecule has 1 aromatic rings. The second-order valence-electron chi connectivity index (χ2n) is 6.79. The molecule has 1 atom stereocenters. The van der Waals surface area contributed by atoms with Gasteiger partial charge in [0.1, 0.15) is 0 Å². The highest BCUT2D eigenvalue weighted by Gasteiger charge is 2.48. The van der Waals surface area contributed by atoms with Gasteiger partial charge in [-0.3, -0.25) is 0 Å². The summed E-state index contributed by atoms with van der Waals surface area (Å²) in [7, 11) is 4.09. The number of benzene rings is 1. The quantitative estimate of drug-likeness (QED) is 0.518. The Labute approximate surface area is 165 Å². The van der Waals surface area contributed by atoms with Crippen LogP contribution in [0.1, 0.15) is 31.9 Å². The normalized spacial score (nSPS) is 23.1. The van der Waals surface area contributed by atoms with Gasteiger partial charge in [0.2, 0.25) is 0 Å². The number of rotatable bonds is 6. The molecule has 1 nitrogen and oxygen atoms in total. The maximum Gasteiger partial charge on any atom is 0.0704 e. The van der Waals surface area contributed by atoms with Crippen molar-refractivity contribution in [3.05, 3.63) is 114 Å². The molecule has 1 unspecified atom stereocenters. The Kier molecular flexibility index (Phi) is 6.63. The van der Waals surface area contributed by atoms with Crippen LogP contribution in [0.3, 0.4) is 0 Å². The van der Waals surface area contributed by atoms with Gasteiger partial charge in [0.25, 0.3) is 0 Å². The van der Waals surface area contributed by atoms with E-state index in [1.165, 1.54) is 33.4 Å². The van der Waals surface area contributed by atoms with E-state index < -0.39 is 0 Å². The van der Waals surface area contributed by atoms with E-state index in [0.717, 1.165) is 0 Å². The number of nitrogens with zero attached hydrogens (tertiary/aromatic N) is 1. The lowest BCUT2D eigenvalue weighted by Crippen LogP contribution is -2.29. The van der Waals surface area contributed by atoms with Crippen LogP contribution in [0.2, 0.25) is 0 Å². The third-order valence-electron chi connectivity index (χ3n) is 5.15. The molecule has 2 rings (SSSR count). The van der Waals surface area contributed by atoms with E-state index in [1.54, 1.807) is 0 Å². The van der Waals surface area contributed by atoms with E-state index in [2.05, 4.69) is 99.7 Å². The molecule has 0 aromatic heterocycles. The first kappa shape index (κ1) is 20.5. The SMILES string of the molecule is C=C/C=C1\C(=C/C)C(/C(C=C)=C/C)(C(/C=C\N(C)C)=C/C)c2ccccc21. The maximum absolute atomic E-state index is 4.15. The summed E-state index contributed by atoms with van der Waals surface area (Å²) in [6, 6.07) is 8.67. The van der Waals surface area contributed by atoms with Crippen molar-refractivity contribution in [1.29, 1.82) is 0 Å². The second-order valence-corrected chi connectivity index (χ2v) is 6.79. The molecule has 0 saturated heterocycles. The number of fused-ring (bicyclic) bond motifs is 1. The van der Waals surface area contributed by atoms with Crippen molar-refractivity contribution < 1.29 is 0 Å². The Morgan fingerprint density at radius 1 is 1.00 bits per heavy atom. The molecule has 0 amide bonds. The van der Waals surface area contributed by atoms with Crippen molar-refractivity contribution in [1.82, 2.24) is 4.90 Å². The highest BCUT2D eigenvalue weighted by atomic mass is 15.0. The third kappa shape index (κ3) is 3.30. The number of allylic oxidation sites excluding steroid dienone is 11. The molecule has 27 heavy (non-hydrogen) atoms. The molecular formula is C26H31N. The maximum atomic E-state index is 4.15. The summed E-state index contributed by atoms with van der Waals surface area (Å²) in [5, 5.41) is 0. The standard InChI is InChI=1S/C26H31N/c1-8-15-22-23-16-13-14-17-25(23)26(24(22)12-5,20(9-2)10-3)21(11-4)18-19-27(6)7/h8-19H,1-2H2,3-7H3/b19-18-,20-10+,21-11+,22-15-,24-12+. The molecule has 0 N–H and O–H groups in total. The van der Waals surface area contributed by atoms with Gasteiger partial charge in [0, 0.05) is 14.1 Å². The van der Waals surface area contributed by atoms with Crippen LogP contribution in [-0.2, 0) is 5.41 Å². The average molecular weight is 358 g/mol. The van der Waals surface area contributed by atoms with Gasteiger partial charge >= 0.3 is 0 Å². The Morgan fingerprint density at radius 2 is 1.67 bits per heavy atom. The molecule has 0 fully saturated rings. The minimum Gasteiger partial charge on any atom is -0.383 e. The zero-order valence-electron chi connectivity index (χ0n) is 17.3. The molecule has 0 spiro atoms. The molecule has 1 aliphatic rings. The van der Waals surface area contributed by atoms with Crippen molar-refractivity contribution in [2.24, 2.45) is 0 Å². The van der Waals surface area contributed by atoms with Crippen molar-refractivity contribution >= 4 is 5.57 Å². The zero-order chi connectivity index (χ0) is 20.0. The largest absolute Gasteiger partial charge is 0.383 e. The minimum absolute atomic E-state index is 0.377. The summed E-state index contributed by atoms with van der Waals surface area (Å²) in [6.07, 6.45) is 16.9. The fourth-order valence-corrected chi connectivity index (χ4v) is 4.15. The van der Waals surface area contributed by atoms with Crippen molar-refractivity contribution in [3.63, 3.8) is 0 Å². The molecule has 0 bridgehead atoms. The molecule has 0 radical (unpaired) electrons. The van der Waals surface area contributed by atoms with Crippen LogP contribution in [0.25, 0.3) is 5.57 Å². The third-order valence-corrected chi connectivity index (χ3v) is 5.15. The van der Waals surface area contributed by atoms with Crippen LogP contribution < -0.4 is 0 Å². The predicted molar refractivity (Wildman–Crippen MR) is 121 cm³/mol. The lowest BCUT2D eigenvalue weighted by molar-refractivity contribution is 0.562. The van der Waals surface area contributed by atoms with Crippen LogP contribution in [0.15, 0.2) is 103 Å². The Bertz CT molecular complexity index is 871. The van der Waals surface area contributed by atoms with E-state index in [1.807, 2.05) is 26.2 Å². The molecular weight excluding hydrogens is 326 g/mol. The Morgan fingerprint density at radius 3 is 2.19 bits per heavy atom. The highest BCUT2D eigenvalue weighted by Crippen LogP contribution is 2.58. The molecule has 1 aromatic carbocycles. The van der Waals surface area contributed by atoms with Crippen molar-refractivity contribution in [2.75, 3.05) is 14.1 Å². The molecule has 1 heteroatoms. The fourth-order valence-electron chi connectivity index (χ4n) is 4.15. The molecule has 0 saturated carbocycles. The van der Waals surface area contributed by atoms with Crippen LogP contribution in [0.5, 0.6) is 0 Å². The smallest absolute Gasteiger partial charge is 0.0704 e. The fraction of sp³-hybridized carbons (Fsp3) is 0.231.